The number of hydrogen-bond acceptors (Lipinski definition) is 3. The van der Waals surface area contributed by atoms with Crippen LogP contribution in [0.1, 0.15) is 48.5 Å². The highest BCUT2D eigenvalue weighted by Crippen LogP contribution is 2.21. The van der Waals surface area contributed by atoms with Gasteiger partial charge in [0.05, 0.1) is 0 Å². The van der Waals surface area contributed by atoms with Gasteiger partial charge < -0.3 is 10.2 Å². The fourth-order valence-electron chi connectivity index (χ4n) is 3.40. The van der Waals surface area contributed by atoms with Gasteiger partial charge in [0.1, 0.15) is 0 Å². The number of benzene rings is 1. The molecular weight excluding hydrogens is 338 g/mol. The summed E-state index contributed by atoms with van der Waals surface area (Å²) in [5.41, 5.74) is 2.77. The molecule has 1 aromatic heterocycles. The summed E-state index contributed by atoms with van der Waals surface area (Å²) in [6.45, 7) is 3.41. The number of carbonyl (C=O) groups is 2. The number of carbonyl (C=O) groups excluding carboxylic acids is 2. The fraction of sp³-hybridized carbons (Fsp3) is 0.409. The molecule has 0 spiro atoms. The zero-order chi connectivity index (χ0) is 19.1. The smallest absolute Gasteiger partial charge is 0.253 e. The molecule has 5 heteroatoms. The highest BCUT2D eigenvalue weighted by molar-refractivity contribution is 5.95. The third kappa shape index (κ3) is 5.16. The van der Waals surface area contributed by atoms with E-state index in [-0.39, 0.29) is 17.7 Å². The quantitative estimate of drug-likeness (QED) is 0.844. The monoisotopic (exact) mass is 365 g/mol. The third-order valence-electron chi connectivity index (χ3n) is 5.12. The maximum absolute atomic E-state index is 12.7. The van der Waals surface area contributed by atoms with Crippen LogP contribution >= 0.6 is 0 Å². The van der Waals surface area contributed by atoms with Gasteiger partial charge in [0.2, 0.25) is 5.91 Å². The van der Waals surface area contributed by atoms with Crippen LogP contribution in [0, 0.1) is 5.92 Å². The van der Waals surface area contributed by atoms with E-state index in [0.717, 1.165) is 17.7 Å². The molecule has 0 atom stereocenters. The van der Waals surface area contributed by atoms with Crippen LogP contribution in [0.2, 0.25) is 0 Å². The minimum absolute atomic E-state index is 0.0218. The lowest BCUT2D eigenvalue weighted by Crippen LogP contribution is -2.41. The van der Waals surface area contributed by atoms with Gasteiger partial charge in [0.25, 0.3) is 5.91 Å². The lowest BCUT2D eigenvalue weighted by molar-refractivity contribution is -0.121. The van der Waals surface area contributed by atoms with E-state index in [0.29, 0.717) is 25.9 Å². The molecule has 5 nitrogen and oxygen atoms in total. The minimum atomic E-state index is -0.0568. The highest BCUT2D eigenvalue weighted by atomic mass is 16.2. The zero-order valence-corrected chi connectivity index (χ0v) is 15.9. The number of aryl methyl sites for hydroxylation is 1. The molecule has 2 aromatic rings. The maximum Gasteiger partial charge on any atom is 0.253 e. The summed E-state index contributed by atoms with van der Waals surface area (Å²) in [5, 5.41) is 2.93. The van der Waals surface area contributed by atoms with Gasteiger partial charge in [-0.25, -0.2) is 0 Å². The molecule has 1 aromatic carbocycles. The molecule has 1 saturated heterocycles. The number of amides is 2. The normalized spacial score (nSPS) is 14.8. The van der Waals surface area contributed by atoms with E-state index in [2.05, 4.69) is 29.4 Å². The first kappa shape index (κ1) is 19.1. The second-order valence-electron chi connectivity index (χ2n) is 7.09. The number of aromatic nitrogens is 1. The van der Waals surface area contributed by atoms with Gasteiger partial charge >= 0.3 is 0 Å². The molecule has 1 aliphatic rings. The van der Waals surface area contributed by atoms with E-state index >= 15 is 0 Å². The minimum Gasteiger partial charge on any atom is -0.339 e. The number of nitrogens with one attached hydrogen (secondary N) is 1. The van der Waals surface area contributed by atoms with Crippen molar-refractivity contribution in [2.24, 2.45) is 5.92 Å². The van der Waals surface area contributed by atoms with Crippen molar-refractivity contribution in [3.05, 3.63) is 59.9 Å². The molecule has 142 valence electrons. The van der Waals surface area contributed by atoms with E-state index in [1.165, 1.54) is 18.4 Å². The standard InChI is InChI=1S/C22H27N3O2/c1-2-3-4-17-5-7-19(8-6-17)22(27)25-15-11-18(12-16-25)21(26)24-20-9-13-23-14-10-20/h5-10,13-14,18H,2-4,11-12,15-16H2,1H3,(H,23,24,26). The van der Waals surface area contributed by atoms with E-state index in [9.17, 15) is 9.59 Å². The molecule has 1 fully saturated rings. The first-order valence-electron chi connectivity index (χ1n) is 9.76. The van der Waals surface area contributed by atoms with Crippen LogP contribution in [-0.4, -0.2) is 34.8 Å². The number of rotatable bonds is 6. The maximum atomic E-state index is 12.7. The molecule has 2 heterocycles. The van der Waals surface area contributed by atoms with Gasteiger partial charge in [-0.2, -0.15) is 0 Å². The Bertz CT molecular complexity index is 751. The van der Waals surface area contributed by atoms with E-state index in [4.69, 9.17) is 0 Å². The highest BCUT2D eigenvalue weighted by Gasteiger charge is 2.27. The van der Waals surface area contributed by atoms with Gasteiger partial charge in [-0.15, -0.1) is 0 Å². The molecule has 0 radical (unpaired) electrons. The lowest BCUT2D eigenvalue weighted by Gasteiger charge is -2.31. The van der Waals surface area contributed by atoms with Gasteiger partial charge in [0, 0.05) is 42.7 Å². The Morgan fingerprint density at radius 2 is 1.74 bits per heavy atom. The van der Waals surface area contributed by atoms with Crippen molar-refractivity contribution in [1.29, 1.82) is 0 Å². The first-order chi connectivity index (χ1) is 13.2. The van der Waals surface area contributed by atoms with Crippen LogP contribution < -0.4 is 5.32 Å². The summed E-state index contributed by atoms with van der Waals surface area (Å²) in [6.07, 6.45) is 8.10. The summed E-state index contributed by atoms with van der Waals surface area (Å²) in [5.74, 6) is 0.0252. The molecule has 3 rings (SSSR count). The average Bonchev–Trinajstić information content (AvgIpc) is 2.73. The zero-order valence-electron chi connectivity index (χ0n) is 15.9. The van der Waals surface area contributed by atoms with Crippen LogP contribution in [0.15, 0.2) is 48.8 Å². The van der Waals surface area contributed by atoms with Gasteiger partial charge in [-0.3, -0.25) is 14.6 Å². The van der Waals surface area contributed by atoms with Crippen LogP contribution in [0.4, 0.5) is 5.69 Å². The Labute approximate surface area is 160 Å². The number of anilines is 1. The lowest BCUT2D eigenvalue weighted by atomic mass is 9.95. The number of piperidine rings is 1. The number of hydrogen-bond donors (Lipinski definition) is 1. The molecule has 0 bridgehead atoms. The number of pyridine rings is 1. The molecule has 0 unspecified atom stereocenters. The Balaban J connectivity index is 1.51. The van der Waals surface area contributed by atoms with Gasteiger partial charge in [-0.1, -0.05) is 25.5 Å². The molecule has 2 amide bonds. The molecule has 1 aliphatic heterocycles. The Morgan fingerprint density at radius 1 is 1.07 bits per heavy atom. The van der Waals surface area contributed by atoms with Crippen LogP contribution in [0.25, 0.3) is 0 Å². The van der Waals surface area contributed by atoms with E-state index < -0.39 is 0 Å². The SMILES string of the molecule is CCCCc1ccc(C(=O)N2CCC(C(=O)Nc3ccncc3)CC2)cc1. The van der Waals surface area contributed by atoms with Crippen molar-refractivity contribution in [2.75, 3.05) is 18.4 Å². The van der Waals surface area contributed by atoms with E-state index in [1.54, 1.807) is 24.5 Å². The topological polar surface area (TPSA) is 62.3 Å². The second-order valence-corrected chi connectivity index (χ2v) is 7.09. The fourth-order valence-corrected chi connectivity index (χ4v) is 3.40. The predicted octanol–water partition coefficient (Wildman–Crippen LogP) is 3.92. The van der Waals surface area contributed by atoms with Crippen molar-refractivity contribution in [3.8, 4) is 0 Å². The number of likely N-dealkylation sites (tertiary alicyclic amines) is 1. The van der Waals surface area contributed by atoms with Crippen LogP contribution in [0.3, 0.4) is 0 Å². The Morgan fingerprint density at radius 3 is 2.37 bits per heavy atom. The summed E-state index contributed by atoms with van der Waals surface area (Å²) in [6, 6.07) is 11.5. The van der Waals surface area contributed by atoms with E-state index in [1.807, 2.05) is 17.0 Å². The number of unbranched alkanes of at least 4 members (excludes halogenated alkanes) is 1. The third-order valence-corrected chi connectivity index (χ3v) is 5.12. The van der Waals surface area contributed by atoms with Crippen molar-refractivity contribution in [2.45, 2.75) is 39.0 Å². The van der Waals surface area contributed by atoms with Crippen LogP contribution in [0.5, 0.6) is 0 Å². The predicted molar refractivity (Wildman–Crippen MR) is 107 cm³/mol. The summed E-state index contributed by atoms with van der Waals surface area (Å²) < 4.78 is 0. The number of nitrogens with zero attached hydrogens (tertiary/aromatic N) is 2. The largest absolute Gasteiger partial charge is 0.339 e. The molecule has 0 saturated carbocycles. The first-order valence-corrected chi connectivity index (χ1v) is 9.76. The summed E-state index contributed by atoms with van der Waals surface area (Å²) in [4.78, 5) is 30.9. The van der Waals surface area contributed by atoms with Gasteiger partial charge in [-0.05, 0) is 55.5 Å². The molecular formula is C22H27N3O2. The van der Waals surface area contributed by atoms with Crippen LogP contribution in [-0.2, 0) is 11.2 Å². The van der Waals surface area contributed by atoms with Crippen molar-refractivity contribution in [1.82, 2.24) is 9.88 Å². The average molecular weight is 365 g/mol. The summed E-state index contributed by atoms with van der Waals surface area (Å²) >= 11 is 0. The Hall–Kier alpha value is -2.69. The molecule has 1 N–H and O–H groups in total. The molecule has 0 aliphatic carbocycles. The van der Waals surface area contributed by atoms with Gasteiger partial charge in [0.15, 0.2) is 0 Å². The van der Waals surface area contributed by atoms with Crippen molar-refractivity contribution >= 4 is 17.5 Å². The summed E-state index contributed by atoms with van der Waals surface area (Å²) in [7, 11) is 0. The molecule has 27 heavy (non-hydrogen) atoms. The Kier molecular flexibility index (Phi) is 6.58. The second kappa shape index (κ2) is 9.31. The van der Waals surface area contributed by atoms with Crippen molar-refractivity contribution in [3.63, 3.8) is 0 Å². The van der Waals surface area contributed by atoms with Crippen molar-refractivity contribution < 1.29 is 9.59 Å².